The maximum atomic E-state index is 12.3. The molecule has 0 saturated heterocycles. The Hall–Kier alpha value is -2.48. The van der Waals surface area contributed by atoms with Crippen molar-refractivity contribution in [1.82, 2.24) is 15.3 Å². The number of ether oxygens (including phenoxy) is 1. The van der Waals surface area contributed by atoms with E-state index in [-0.39, 0.29) is 12.0 Å². The van der Waals surface area contributed by atoms with E-state index >= 15 is 0 Å². The number of amides is 2. The number of rotatable bonds is 11. The molecule has 1 N–H and O–H groups in total. The average molecular weight is 419 g/mol. The number of nitrogens with zero attached hydrogens (tertiary/aromatic N) is 3. The number of carbonyl (C=O) groups excluding carboxylic acids is 2. The van der Waals surface area contributed by atoms with Crippen LogP contribution in [0.2, 0.25) is 0 Å². The molecule has 0 unspecified atom stereocenters. The topological polar surface area (TPSA) is 84.4 Å². The molecule has 0 radical (unpaired) electrons. The molecule has 7 nitrogen and oxygen atoms in total. The number of thiazole rings is 1. The number of hydrogen-bond donors (Lipinski definition) is 1. The maximum absolute atomic E-state index is 12.3. The van der Waals surface area contributed by atoms with Crippen LogP contribution in [0.1, 0.15) is 50.8 Å². The maximum Gasteiger partial charge on any atom is 0.322 e. The van der Waals surface area contributed by atoms with Gasteiger partial charge in [-0.25, -0.2) is 14.8 Å². The van der Waals surface area contributed by atoms with Crippen LogP contribution in [0.4, 0.5) is 10.6 Å². The minimum absolute atomic E-state index is 0.166. The van der Waals surface area contributed by atoms with Crippen molar-refractivity contribution in [3.63, 3.8) is 0 Å². The molecule has 0 spiro atoms. The number of urea groups is 1. The van der Waals surface area contributed by atoms with Gasteiger partial charge in [0.1, 0.15) is 16.5 Å². The number of hydrogen-bond acceptors (Lipinski definition) is 6. The molecule has 0 aromatic carbocycles. The Morgan fingerprint density at radius 3 is 2.79 bits per heavy atom. The quantitative estimate of drug-likeness (QED) is 0.431. The molecule has 0 atom stereocenters. The molecule has 29 heavy (non-hydrogen) atoms. The van der Waals surface area contributed by atoms with Gasteiger partial charge in [-0.1, -0.05) is 32.3 Å². The van der Waals surface area contributed by atoms with Crippen molar-refractivity contribution in [2.75, 3.05) is 25.1 Å². The molecule has 158 valence electrons. The Morgan fingerprint density at radius 1 is 1.21 bits per heavy atom. The lowest BCUT2D eigenvalue weighted by Crippen LogP contribution is -2.38. The van der Waals surface area contributed by atoms with Gasteiger partial charge in [0.15, 0.2) is 0 Å². The summed E-state index contributed by atoms with van der Waals surface area (Å²) in [6.45, 7) is 5.02. The van der Waals surface area contributed by atoms with Crippen LogP contribution in [-0.4, -0.2) is 42.2 Å². The van der Waals surface area contributed by atoms with Crippen molar-refractivity contribution >= 4 is 29.2 Å². The Labute approximate surface area is 176 Å². The van der Waals surface area contributed by atoms with Crippen molar-refractivity contribution in [2.45, 2.75) is 52.4 Å². The average Bonchev–Trinajstić information content (AvgIpc) is 3.21. The molecule has 2 aromatic heterocycles. The van der Waals surface area contributed by atoms with E-state index in [0.29, 0.717) is 37.5 Å². The van der Waals surface area contributed by atoms with E-state index in [1.807, 2.05) is 12.1 Å². The van der Waals surface area contributed by atoms with Gasteiger partial charge < -0.3 is 10.1 Å². The number of esters is 1. The minimum atomic E-state index is -0.204. The van der Waals surface area contributed by atoms with Crippen molar-refractivity contribution in [2.24, 2.45) is 0 Å². The standard InChI is InChI=1S/C21H30N4O3S/c1-4-6-7-8-14-22-21(27)25(3)18-11-9-10-17(24-18)20-23-15-16(29-20)12-13-19(26)28-5-2/h9-11,15H,4-8,12-14H2,1-3H3,(H,22,27). The number of pyridine rings is 1. The third kappa shape index (κ3) is 7.45. The first kappa shape index (κ1) is 22.8. The lowest BCUT2D eigenvalue weighted by atomic mass is 10.2. The second-order valence-electron chi connectivity index (χ2n) is 6.67. The molecule has 0 aliphatic heterocycles. The minimum Gasteiger partial charge on any atom is -0.466 e. The molecule has 0 aliphatic carbocycles. The summed E-state index contributed by atoms with van der Waals surface area (Å²) in [5.74, 6) is 0.363. The Balaban J connectivity index is 1.94. The summed E-state index contributed by atoms with van der Waals surface area (Å²) < 4.78 is 4.96. The fourth-order valence-electron chi connectivity index (χ4n) is 2.70. The molecule has 0 fully saturated rings. The van der Waals surface area contributed by atoms with Gasteiger partial charge in [-0.2, -0.15) is 0 Å². The summed E-state index contributed by atoms with van der Waals surface area (Å²) in [5.41, 5.74) is 0.706. The first-order valence-electron chi connectivity index (χ1n) is 10.1. The van der Waals surface area contributed by atoms with Gasteiger partial charge in [0.25, 0.3) is 0 Å². The molecule has 2 aromatic rings. The largest absolute Gasteiger partial charge is 0.466 e. The van der Waals surface area contributed by atoms with Gasteiger partial charge in [-0.3, -0.25) is 9.69 Å². The second kappa shape index (κ2) is 12.2. The van der Waals surface area contributed by atoms with Gasteiger partial charge in [-0.15, -0.1) is 11.3 Å². The fourth-order valence-corrected chi connectivity index (χ4v) is 3.58. The molecule has 2 rings (SSSR count). The van der Waals surface area contributed by atoms with E-state index in [4.69, 9.17) is 4.74 Å². The number of anilines is 1. The van der Waals surface area contributed by atoms with Crippen LogP contribution in [0.15, 0.2) is 24.4 Å². The summed E-state index contributed by atoms with van der Waals surface area (Å²) in [4.78, 5) is 35.4. The van der Waals surface area contributed by atoms with Gasteiger partial charge in [-0.05, 0) is 31.9 Å². The first-order valence-corrected chi connectivity index (χ1v) is 11.0. The molecule has 2 heterocycles. The number of aromatic nitrogens is 2. The Morgan fingerprint density at radius 2 is 2.03 bits per heavy atom. The third-order valence-corrected chi connectivity index (χ3v) is 5.42. The highest BCUT2D eigenvalue weighted by molar-refractivity contribution is 7.15. The number of nitrogens with one attached hydrogen (secondary N) is 1. The SMILES string of the molecule is CCCCCCNC(=O)N(C)c1cccc(-c2ncc(CCC(=O)OCC)s2)n1. The lowest BCUT2D eigenvalue weighted by molar-refractivity contribution is -0.143. The van der Waals surface area contributed by atoms with Crippen LogP contribution in [0, 0.1) is 0 Å². The number of unbranched alkanes of at least 4 members (excludes halogenated alkanes) is 3. The molecule has 0 saturated carbocycles. The zero-order valence-electron chi connectivity index (χ0n) is 17.4. The molecule has 0 aliphatic rings. The van der Waals surface area contributed by atoms with E-state index in [0.717, 1.165) is 22.7 Å². The van der Waals surface area contributed by atoms with Gasteiger partial charge in [0, 0.05) is 24.7 Å². The molecule has 8 heteroatoms. The van der Waals surface area contributed by atoms with Gasteiger partial charge >= 0.3 is 12.0 Å². The highest BCUT2D eigenvalue weighted by Crippen LogP contribution is 2.26. The van der Waals surface area contributed by atoms with Gasteiger partial charge in [0.2, 0.25) is 0 Å². The van der Waals surface area contributed by atoms with Crippen LogP contribution >= 0.6 is 11.3 Å². The third-order valence-electron chi connectivity index (χ3n) is 4.34. The van der Waals surface area contributed by atoms with Crippen LogP contribution in [0.3, 0.4) is 0 Å². The molecular weight excluding hydrogens is 388 g/mol. The van der Waals surface area contributed by atoms with Gasteiger partial charge in [0.05, 0.1) is 13.0 Å². The zero-order valence-corrected chi connectivity index (χ0v) is 18.3. The monoisotopic (exact) mass is 418 g/mol. The lowest BCUT2D eigenvalue weighted by Gasteiger charge is -2.17. The Bertz CT molecular complexity index is 794. The normalized spacial score (nSPS) is 10.6. The fraction of sp³-hybridized carbons (Fsp3) is 0.524. The van der Waals surface area contributed by atoms with Crippen molar-refractivity contribution in [3.8, 4) is 10.7 Å². The number of carbonyl (C=O) groups is 2. The van der Waals surface area contributed by atoms with Crippen LogP contribution < -0.4 is 10.2 Å². The molecule has 2 amide bonds. The van der Waals surface area contributed by atoms with E-state index < -0.39 is 0 Å². The first-order chi connectivity index (χ1) is 14.0. The smallest absolute Gasteiger partial charge is 0.322 e. The van der Waals surface area contributed by atoms with E-state index in [1.165, 1.54) is 29.1 Å². The van der Waals surface area contributed by atoms with Crippen LogP contribution in [0.5, 0.6) is 0 Å². The predicted octanol–water partition coefficient (Wildman–Crippen LogP) is 4.43. The van der Waals surface area contributed by atoms with Crippen molar-refractivity contribution in [1.29, 1.82) is 0 Å². The number of aryl methyl sites for hydroxylation is 1. The highest BCUT2D eigenvalue weighted by Gasteiger charge is 2.14. The molecule has 0 bridgehead atoms. The summed E-state index contributed by atoms with van der Waals surface area (Å²) in [6.07, 6.45) is 7.16. The Kier molecular flexibility index (Phi) is 9.56. The molecular formula is C21H30N4O3S. The summed E-state index contributed by atoms with van der Waals surface area (Å²) in [5, 5.41) is 3.69. The van der Waals surface area contributed by atoms with E-state index in [1.54, 1.807) is 26.2 Å². The van der Waals surface area contributed by atoms with E-state index in [2.05, 4.69) is 22.2 Å². The highest BCUT2D eigenvalue weighted by atomic mass is 32.1. The van der Waals surface area contributed by atoms with Crippen molar-refractivity contribution < 1.29 is 14.3 Å². The second-order valence-corrected chi connectivity index (χ2v) is 7.78. The summed E-state index contributed by atoms with van der Waals surface area (Å²) in [7, 11) is 1.71. The zero-order chi connectivity index (χ0) is 21.1. The predicted molar refractivity (Wildman–Crippen MR) is 116 cm³/mol. The summed E-state index contributed by atoms with van der Waals surface area (Å²) in [6, 6.07) is 5.37. The summed E-state index contributed by atoms with van der Waals surface area (Å²) >= 11 is 1.50. The van der Waals surface area contributed by atoms with Crippen LogP contribution in [-0.2, 0) is 16.0 Å². The van der Waals surface area contributed by atoms with Crippen molar-refractivity contribution in [3.05, 3.63) is 29.3 Å². The van der Waals surface area contributed by atoms with Crippen LogP contribution in [0.25, 0.3) is 10.7 Å². The van der Waals surface area contributed by atoms with E-state index in [9.17, 15) is 9.59 Å².